The normalized spacial score (nSPS) is 29.5. The molecule has 4 rings (SSSR count). The molecule has 5 nitrogen and oxygen atoms in total. The molecule has 6 heteroatoms. The molecule has 4 unspecified atom stereocenters. The number of hydrazine groups is 1. The summed E-state index contributed by atoms with van der Waals surface area (Å²) in [5.41, 5.74) is 5.65. The van der Waals surface area contributed by atoms with E-state index in [-0.39, 0.29) is 41.4 Å². The predicted octanol–water partition coefficient (Wildman–Crippen LogP) is 3.32. The third-order valence-corrected chi connectivity index (χ3v) is 7.05. The molecule has 2 heterocycles. The number of amides is 3. The van der Waals surface area contributed by atoms with E-state index in [2.05, 4.69) is 26.2 Å². The second kappa shape index (κ2) is 6.34. The lowest BCUT2D eigenvalue weighted by atomic mass is 9.81. The maximum Gasteiger partial charge on any atom is 0.271 e. The Morgan fingerprint density at radius 3 is 2.35 bits per heavy atom. The van der Waals surface area contributed by atoms with Gasteiger partial charge in [0.2, 0.25) is 0 Å². The van der Waals surface area contributed by atoms with Gasteiger partial charge in [-0.2, -0.15) is 5.01 Å². The summed E-state index contributed by atoms with van der Waals surface area (Å²) >= 11 is 1.54. The van der Waals surface area contributed by atoms with Gasteiger partial charge in [0, 0.05) is 10.3 Å². The van der Waals surface area contributed by atoms with Gasteiger partial charge in [-0.1, -0.05) is 24.5 Å². The molecule has 2 bridgehead atoms. The Balaban J connectivity index is 1.53. The van der Waals surface area contributed by atoms with Gasteiger partial charge >= 0.3 is 0 Å². The van der Waals surface area contributed by atoms with Crippen LogP contribution in [-0.4, -0.2) is 22.7 Å². The van der Waals surface area contributed by atoms with Crippen LogP contribution in [0.2, 0.25) is 0 Å². The van der Waals surface area contributed by atoms with Crippen LogP contribution in [0.15, 0.2) is 22.6 Å². The van der Waals surface area contributed by atoms with E-state index in [1.807, 2.05) is 6.07 Å². The van der Waals surface area contributed by atoms with Crippen molar-refractivity contribution in [2.45, 2.75) is 46.5 Å². The molecule has 3 aliphatic rings. The zero-order valence-electron chi connectivity index (χ0n) is 15.4. The van der Waals surface area contributed by atoms with Gasteiger partial charge in [-0.25, -0.2) is 0 Å². The third kappa shape index (κ3) is 2.46. The molecular weight excluding hydrogens is 348 g/mol. The minimum atomic E-state index is -0.375. The van der Waals surface area contributed by atoms with Crippen molar-refractivity contribution < 1.29 is 14.4 Å². The maximum absolute atomic E-state index is 12.9. The summed E-state index contributed by atoms with van der Waals surface area (Å²) < 4.78 is 0. The van der Waals surface area contributed by atoms with Crippen molar-refractivity contribution in [2.24, 2.45) is 23.7 Å². The number of hydrogen-bond donors (Lipinski definition) is 1. The van der Waals surface area contributed by atoms with Gasteiger partial charge in [0.1, 0.15) is 0 Å². The lowest BCUT2D eigenvalue weighted by molar-refractivity contribution is -0.143. The largest absolute Gasteiger partial charge is 0.272 e. The number of nitrogens with one attached hydrogen (secondary N) is 1. The van der Waals surface area contributed by atoms with Crippen LogP contribution in [0.5, 0.6) is 0 Å². The average Bonchev–Trinajstić information content (AvgIpc) is 3.34. The SMILES string of the molecule is CCCc1cc(C(=O)NN2C(=O)C3C4CCC(C4=C(C)C)C3C2=O)cs1. The van der Waals surface area contributed by atoms with Crippen LogP contribution >= 0.6 is 11.3 Å². The van der Waals surface area contributed by atoms with E-state index in [0.29, 0.717) is 5.56 Å². The fourth-order valence-corrected chi connectivity index (χ4v) is 6.12. The number of carbonyl (C=O) groups excluding carboxylic acids is 3. The number of rotatable bonds is 4. The molecule has 1 aromatic rings. The summed E-state index contributed by atoms with van der Waals surface area (Å²) in [5.74, 6) is -1.07. The van der Waals surface area contributed by atoms with E-state index in [4.69, 9.17) is 0 Å². The molecule has 26 heavy (non-hydrogen) atoms. The van der Waals surface area contributed by atoms with Gasteiger partial charge in [-0.3, -0.25) is 19.8 Å². The van der Waals surface area contributed by atoms with Crippen molar-refractivity contribution >= 4 is 29.1 Å². The van der Waals surface area contributed by atoms with Crippen LogP contribution in [0.4, 0.5) is 0 Å². The lowest BCUT2D eigenvalue weighted by Crippen LogP contribution is -2.47. The van der Waals surface area contributed by atoms with Crippen LogP contribution in [-0.2, 0) is 16.0 Å². The van der Waals surface area contributed by atoms with Crippen LogP contribution in [0, 0.1) is 23.7 Å². The van der Waals surface area contributed by atoms with Crippen molar-refractivity contribution in [1.29, 1.82) is 0 Å². The van der Waals surface area contributed by atoms with Crippen LogP contribution in [0.25, 0.3) is 0 Å². The first-order valence-corrected chi connectivity index (χ1v) is 10.3. The fraction of sp³-hybridized carbons (Fsp3) is 0.550. The van der Waals surface area contributed by atoms with Crippen molar-refractivity contribution in [1.82, 2.24) is 10.4 Å². The van der Waals surface area contributed by atoms with E-state index in [0.717, 1.165) is 35.6 Å². The van der Waals surface area contributed by atoms with Gasteiger partial charge in [-0.05, 0) is 51.0 Å². The minimum absolute atomic E-state index is 0.172. The predicted molar refractivity (Wildman–Crippen MR) is 99.2 cm³/mol. The summed E-state index contributed by atoms with van der Waals surface area (Å²) in [6.07, 6.45) is 3.89. The minimum Gasteiger partial charge on any atom is -0.272 e. The second-order valence-corrected chi connectivity index (χ2v) is 8.80. The van der Waals surface area contributed by atoms with Crippen molar-refractivity contribution in [3.8, 4) is 0 Å². The first kappa shape index (κ1) is 17.5. The Morgan fingerprint density at radius 2 is 1.81 bits per heavy atom. The number of imide groups is 1. The molecular formula is C20H24N2O3S. The molecule has 3 fully saturated rings. The number of thiophene rings is 1. The molecule has 138 valence electrons. The summed E-state index contributed by atoms with van der Waals surface area (Å²) in [5, 5.41) is 2.79. The quantitative estimate of drug-likeness (QED) is 0.651. The molecule has 4 atom stereocenters. The molecule has 0 aromatic carbocycles. The number of hydrogen-bond acceptors (Lipinski definition) is 4. The van der Waals surface area contributed by atoms with Gasteiger partial charge in [-0.15, -0.1) is 11.3 Å². The van der Waals surface area contributed by atoms with Gasteiger partial charge in [0.25, 0.3) is 17.7 Å². The van der Waals surface area contributed by atoms with E-state index >= 15 is 0 Å². The summed E-state index contributed by atoms with van der Waals surface area (Å²) in [6, 6.07) is 1.85. The Morgan fingerprint density at radius 1 is 1.19 bits per heavy atom. The van der Waals surface area contributed by atoms with Crippen LogP contribution in [0.3, 0.4) is 0 Å². The molecule has 1 N–H and O–H groups in total. The standard InChI is InChI=1S/C20H24N2O3S/c1-4-5-12-8-11(9-26-12)18(23)21-22-19(24)16-13-6-7-14(15(13)10(2)3)17(16)20(22)25/h8-9,13-14,16-17H,4-7H2,1-3H3,(H,21,23). The zero-order valence-corrected chi connectivity index (χ0v) is 16.2. The fourth-order valence-electron chi connectivity index (χ4n) is 5.14. The van der Waals surface area contributed by atoms with Gasteiger partial charge in [0.05, 0.1) is 17.4 Å². The molecule has 1 aromatic heterocycles. The van der Waals surface area contributed by atoms with Crippen molar-refractivity contribution in [2.75, 3.05) is 0 Å². The zero-order chi connectivity index (χ0) is 18.6. The summed E-state index contributed by atoms with van der Waals surface area (Å²) in [6.45, 7) is 6.23. The number of aryl methyl sites for hydroxylation is 1. The highest BCUT2D eigenvalue weighted by atomic mass is 32.1. The molecule has 3 amide bonds. The lowest BCUT2D eigenvalue weighted by Gasteiger charge is -2.19. The molecule has 1 aliphatic heterocycles. The first-order chi connectivity index (χ1) is 12.4. The second-order valence-electron chi connectivity index (χ2n) is 7.80. The number of carbonyl (C=O) groups is 3. The molecule has 1 saturated heterocycles. The Kier molecular flexibility index (Phi) is 4.26. The average molecular weight is 372 g/mol. The number of fused-ring (bicyclic) bond motifs is 5. The highest BCUT2D eigenvalue weighted by Crippen LogP contribution is 2.59. The van der Waals surface area contributed by atoms with Crippen molar-refractivity contribution in [3.63, 3.8) is 0 Å². The monoisotopic (exact) mass is 372 g/mol. The van der Waals surface area contributed by atoms with Crippen LogP contribution < -0.4 is 5.43 Å². The highest BCUT2D eigenvalue weighted by Gasteiger charge is 2.63. The summed E-state index contributed by atoms with van der Waals surface area (Å²) in [7, 11) is 0. The summed E-state index contributed by atoms with van der Waals surface area (Å²) in [4.78, 5) is 39.5. The van der Waals surface area contributed by atoms with Gasteiger partial charge in [0.15, 0.2) is 0 Å². The first-order valence-electron chi connectivity index (χ1n) is 9.37. The van der Waals surface area contributed by atoms with E-state index in [1.165, 1.54) is 22.5 Å². The smallest absolute Gasteiger partial charge is 0.271 e. The number of nitrogens with zero attached hydrogens (tertiary/aromatic N) is 1. The van der Waals surface area contributed by atoms with Crippen molar-refractivity contribution in [3.05, 3.63) is 33.0 Å². The highest BCUT2D eigenvalue weighted by molar-refractivity contribution is 7.10. The molecule has 0 spiro atoms. The van der Waals surface area contributed by atoms with E-state index in [9.17, 15) is 14.4 Å². The Labute approximate surface area is 157 Å². The molecule has 2 saturated carbocycles. The maximum atomic E-state index is 12.9. The topological polar surface area (TPSA) is 66.5 Å². The Bertz CT molecular complexity index is 789. The van der Waals surface area contributed by atoms with Crippen LogP contribution in [0.1, 0.15) is 55.3 Å². The van der Waals surface area contributed by atoms with E-state index in [1.54, 1.807) is 5.38 Å². The number of allylic oxidation sites excluding steroid dienone is 2. The Hall–Kier alpha value is -1.95. The van der Waals surface area contributed by atoms with E-state index < -0.39 is 0 Å². The molecule has 2 aliphatic carbocycles. The third-order valence-electron chi connectivity index (χ3n) is 6.06. The van der Waals surface area contributed by atoms with Gasteiger partial charge < -0.3 is 0 Å². The molecule has 0 radical (unpaired) electrons.